The number of methoxy groups -OCH3 is 1. The fraction of sp³-hybridized carbons (Fsp3) is 0.450. The van der Waals surface area contributed by atoms with Crippen molar-refractivity contribution in [3.63, 3.8) is 0 Å². The Morgan fingerprint density at radius 1 is 1.22 bits per heavy atom. The summed E-state index contributed by atoms with van der Waals surface area (Å²) in [4.78, 5) is 14.2. The average molecular weight is 311 g/mol. The SMILES string of the molecule is COC(=O)C[C@H]1CCCCN1[C@@H](C)c1cccc2ccccc12. The number of hydrogen-bond donors (Lipinski definition) is 0. The molecule has 3 heteroatoms. The number of piperidine rings is 1. The first kappa shape index (κ1) is 16.0. The van der Waals surface area contributed by atoms with Gasteiger partial charge in [-0.1, -0.05) is 48.9 Å². The number of carbonyl (C=O) groups excluding carboxylic acids is 1. The summed E-state index contributed by atoms with van der Waals surface area (Å²) in [5, 5.41) is 2.59. The summed E-state index contributed by atoms with van der Waals surface area (Å²) in [5.41, 5.74) is 1.35. The molecule has 2 atom stereocenters. The predicted octanol–water partition coefficient (Wildman–Crippen LogP) is 4.32. The van der Waals surface area contributed by atoms with E-state index in [9.17, 15) is 4.79 Å². The molecule has 23 heavy (non-hydrogen) atoms. The van der Waals surface area contributed by atoms with Crippen LogP contribution in [0, 0.1) is 0 Å². The Labute approximate surface area is 138 Å². The minimum absolute atomic E-state index is 0.105. The highest BCUT2D eigenvalue weighted by atomic mass is 16.5. The van der Waals surface area contributed by atoms with E-state index in [2.05, 4.69) is 54.3 Å². The molecule has 0 aromatic heterocycles. The van der Waals surface area contributed by atoms with Gasteiger partial charge in [-0.15, -0.1) is 0 Å². The minimum atomic E-state index is -0.105. The molecule has 0 N–H and O–H groups in total. The molecule has 1 aliphatic rings. The molecule has 0 amide bonds. The highest BCUT2D eigenvalue weighted by Gasteiger charge is 2.29. The Morgan fingerprint density at radius 2 is 2.00 bits per heavy atom. The van der Waals surface area contributed by atoms with E-state index in [1.807, 2.05) is 0 Å². The van der Waals surface area contributed by atoms with Crippen LogP contribution in [0.25, 0.3) is 10.8 Å². The first-order valence-corrected chi connectivity index (χ1v) is 8.51. The topological polar surface area (TPSA) is 29.5 Å². The van der Waals surface area contributed by atoms with Gasteiger partial charge in [0, 0.05) is 12.1 Å². The van der Waals surface area contributed by atoms with Gasteiger partial charge in [-0.2, -0.15) is 0 Å². The first-order chi connectivity index (χ1) is 11.2. The maximum absolute atomic E-state index is 11.7. The lowest BCUT2D eigenvalue weighted by atomic mass is 9.93. The molecule has 3 nitrogen and oxygen atoms in total. The number of likely N-dealkylation sites (tertiary alicyclic amines) is 1. The zero-order valence-corrected chi connectivity index (χ0v) is 14.0. The van der Waals surface area contributed by atoms with Crippen molar-refractivity contribution in [3.8, 4) is 0 Å². The molecule has 0 aliphatic carbocycles. The molecule has 2 aromatic carbocycles. The van der Waals surface area contributed by atoms with E-state index in [1.165, 1.54) is 36.3 Å². The Balaban J connectivity index is 1.90. The largest absolute Gasteiger partial charge is 0.469 e. The first-order valence-electron chi connectivity index (χ1n) is 8.51. The molecule has 0 spiro atoms. The smallest absolute Gasteiger partial charge is 0.307 e. The molecule has 3 rings (SSSR count). The van der Waals surface area contributed by atoms with Crippen LogP contribution in [-0.2, 0) is 9.53 Å². The van der Waals surface area contributed by atoms with Gasteiger partial charge in [0.05, 0.1) is 13.5 Å². The molecule has 0 unspecified atom stereocenters. The van der Waals surface area contributed by atoms with Gasteiger partial charge < -0.3 is 4.74 Å². The average Bonchev–Trinajstić information content (AvgIpc) is 2.61. The van der Waals surface area contributed by atoms with Crippen LogP contribution in [0.4, 0.5) is 0 Å². The fourth-order valence-electron chi connectivity index (χ4n) is 3.82. The standard InChI is InChI=1S/C20H25NO2/c1-15(18-12-7-9-16-8-3-4-11-19(16)18)21-13-6-5-10-17(21)14-20(22)23-2/h3-4,7-9,11-12,15,17H,5-6,10,13-14H2,1-2H3/t15-,17+/m0/s1. The Morgan fingerprint density at radius 3 is 2.83 bits per heavy atom. The van der Waals surface area contributed by atoms with E-state index >= 15 is 0 Å². The van der Waals surface area contributed by atoms with Crippen LogP contribution in [-0.4, -0.2) is 30.6 Å². The summed E-state index contributed by atoms with van der Waals surface area (Å²) >= 11 is 0. The third-order valence-electron chi connectivity index (χ3n) is 5.07. The highest BCUT2D eigenvalue weighted by Crippen LogP contribution is 2.33. The molecule has 0 saturated carbocycles. The summed E-state index contributed by atoms with van der Waals surface area (Å²) in [6, 6.07) is 15.6. The second-order valence-electron chi connectivity index (χ2n) is 6.41. The van der Waals surface area contributed by atoms with Gasteiger partial charge in [0.25, 0.3) is 0 Å². The number of ether oxygens (including phenoxy) is 1. The van der Waals surface area contributed by atoms with Gasteiger partial charge in [-0.05, 0) is 42.6 Å². The van der Waals surface area contributed by atoms with Gasteiger partial charge in [-0.25, -0.2) is 0 Å². The van der Waals surface area contributed by atoms with E-state index in [0.29, 0.717) is 12.5 Å². The van der Waals surface area contributed by atoms with Crippen LogP contribution in [0.15, 0.2) is 42.5 Å². The van der Waals surface area contributed by atoms with Crippen molar-refractivity contribution in [2.45, 2.75) is 44.7 Å². The van der Waals surface area contributed by atoms with E-state index < -0.39 is 0 Å². The number of esters is 1. The van der Waals surface area contributed by atoms with Crippen LogP contribution in [0.3, 0.4) is 0 Å². The molecule has 1 heterocycles. The second kappa shape index (κ2) is 7.14. The van der Waals surface area contributed by atoms with Crippen molar-refractivity contribution in [2.24, 2.45) is 0 Å². The van der Waals surface area contributed by atoms with Crippen molar-refractivity contribution in [1.82, 2.24) is 4.90 Å². The monoisotopic (exact) mass is 311 g/mol. The fourth-order valence-corrected chi connectivity index (χ4v) is 3.82. The Kier molecular flexibility index (Phi) is 4.97. The van der Waals surface area contributed by atoms with Crippen LogP contribution >= 0.6 is 0 Å². The van der Waals surface area contributed by atoms with Crippen LogP contribution in [0.2, 0.25) is 0 Å². The number of nitrogens with zero attached hydrogens (tertiary/aromatic N) is 1. The van der Waals surface area contributed by atoms with Gasteiger partial charge in [-0.3, -0.25) is 9.69 Å². The number of rotatable bonds is 4. The maximum Gasteiger partial charge on any atom is 0.307 e. The summed E-state index contributed by atoms with van der Waals surface area (Å²) in [6.07, 6.45) is 3.96. The molecular formula is C20H25NO2. The van der Waals surface area contributed by atoms with Gasteiger partial charge in [0.1, 0.15) is 0 Å². The summed E-state index contributed by atoms with van der Waals surface area (Å²) in [6.45, 7) is 3.31. The third kappa shape index (κ3) is 3.40. The molecule has 122 valence electrons. The van der Waals surface area contributed by atoms with Gasteiger partial charge >= 0.3 is 5.97 Å². The van der Waals surface area contributed by atoms with E-state index in [1.54, 1.807) is 0 Å². The number of fused-ring (bicyclic) bond motifs is 1. The predicted molar refractivity (Wildman–Crippen MR) is 93.3 cm³/mol. The molecule has 1 saturated heterocycles. The summed E-state index contributed by atoms with van der Waals surface area (Å²) in [5.74, 6) is -0.105. The lowest BCUT2D eigenvalue weighted by molar-refractivity contribution is -0.142. The van der Waals surface area contributed by atoms with Crippen molar-refractivity contribution in [1.29, 1.82) is 0 Å². The van der Waals surface area contributed by atoms with E-state index in [-0.39, 0.29) is 12.0 Å². The maximum atomic E-state index is 11.7. The van der Waals surface area contributed by atoms with Gasteiger partial charge in [0.15, 0.2) is 0 Å². The van der Waals surface area contributed by atoms with Crippen LogP contribution < -0.4 is 0 Å². The number of benzene rings is 2. The van der Waals surface area contributed by atoms with E-state index in [0.717, 1.165) is 13.0 Å². The molecule has 1 aliphatic heterocycles. The molecule has 0 radical (unpaired) electrons. The quantitative estimate of drug-likeness (QED) is 0.788. The third-order valence-corrected chi connectivity index (χ3v) is 5.07. The normalized spacial score (nSPS) is 20.3. The van der Waals surface area contributed by atoms with Crippen molar-refractivity contribution >= 4 is 16.7 Å². The Bertz CT molecular complexity index is 677. The van der Waals surface area contributed by atoms with Crippen molar-refractivity contribution in [2.75, 3.05) is 13.7 Å². The van der Waals surface area contributed by atoms with Crippen LogP contribution in [0.5, 0.6) is 0 Å². The second-order valence-corrected chi connectivity index (χ2v) is 6.41. The van der Waals surface area contributed by atoms with Crippen LogP contribution in [0.1, 0.15) is 44.2 Å². The molecule has 0 bridgehead atoms. The lowest BCUT2D eigenvalue weighted by Crippen LogP contribution is -2.42. The van der Waals surface area contributed by atoms with E-state index in [4.69, 9.17) is 4.74 Å². The van der Waals surface area contributed by atoms with Crippen molar-refractivity contribution in [3.05, 3.63) is 48.0 Å². The Hall–Kier alpha value is -1.87. The zero-order valence-electron chi connectivity index (χ0n) is 14.0. The number of carbonyl (C=O) groups is 1. The highest BCUT2D eigenvalue weighted by molar-refractivity contribution is 5.86. The molecule has 2 aromatic rings. The molecule has 1 fully saturated rings. The van der Waals surface area contributed by atoms with Gasteiger partial charge in [0.2, 0.25) is 0 Å². The van der Waals surface area contributed by atoms with Crippen molar-refractivity contribution < 1.29 is 9.53 Å². The minimum Gasteiger partial charge on any atom is -0.469 e. The number of hydrogen-bond acceptors (Lipinski definition) is 3. The molecular weight excluding hydrogens is 286 g/mol. The zero-order chi connectivity index (χ0) is 16.2. The lowest BCUT2D eigenvalue weighted by Gasteiger charge is -2.40. The summed E-state index contributed by atoms with van der Waals surface area (Å²) in [7, 11) is 1.48. The summed E-state index contributed by atoms with van der Waals surface area (Å²) < 4.78 is 4.89.